The Morgan fingerprint density at radius 2 is 2.00 bits per heavy atom. The number of aryl methyl sites for hydroxylation is 1. The molecule has 114 valence electrons. The van der Waals surface area contributed by atoms with Gasteiger partial charge in [-0.2, -0.15) is 10.1 Å². The SMILES string of the molecule is Cc1cc(Br)c2c(c1)c1n[nH]c(=S)nc1n2Cc1ccccc1. The maximum absolute atomic E-state index is 5.17. The van der Waals surface area contributed by atoms with Crippen LogP contribution in [0.15, 0.2) is 46.9 Å². The number of nitrogens with one attached hydrogen (secondary N) is 1. The van der Waals surface area contributed by atoms with Gasteiger partial charge in [-0.25, -0.2) is 0 Å². The molecule has 0 aliphatic rings. The Morgan fingerprint density at radius 1 is 1.22 bits per heavy atom. The number of fused-ring (bicyclic) bond motifs is 3. The monoisotopic (exact) mass is 384 g/mol. The molecule has 4 rings (SSSR count). The predicted molar refractivity (Wildman–Crippen MR) is 98.2 cm³/mol. The van der Waals surface area contributed by atoms with Gasteiger partial charge in [-0.15, -0.1) is 0 Å². The topological polar surface area (TPSA) is 46.5 Å². The summed E-state index contributed by atoms with van der Waals surface area (Å²) < 4.78 is 3.59. The molecule has 0 fully saturated rings. The van der Waals surface area contributed by atoms with Crippen LogP contribution in [0.25, 0.3) is 22.1 Å². The van der Waals surface area contributed by atoms with E-state index in [0.29, 0.717) is 4.77 Å². The number of aromatic nitrogens is 4. The lowest BCUT2D eigenvalue weighted by Gasteiger charge is -2.08. The number of nitrogens with zero attached hydrogens (tertiary/aromatic N) is 3. The summed E-state index contributed by atoms with van der Waals surface area (Å²) >= 11 is 8.87. The van der Waals surface area contributed by atoms with Gasteiger partial charge in [0.05, 0.1) is 5.52 Å². The first kappa shape index (κ1) is 14.5. The van der Waals surface area contributed by atoms with Gasteiger partial charge in [-0.3, -0.25) is 5.10 Å². The van der Waals surface area contributed by atoms with Crippen LogP contribution in [0.1, 0.15) is 11.1 Å². The zero-order valence-corrected chi connectivity index (χ0v) is 14.8. The van der Waals surface area contributed by atoms with E-state index >= 15 is 0 Å². The molecule has 0 aliphatic heterocycles. The minimum atomic E-state index is 0.391. The highest BCUT2D eigenvalue weighted by molar-refractivity contribution is 9.10. The van der Waals surface area contributed by atoms with E-state index < -0.39 is 0 Å². The van der Waals surface area contributed by atoms with Crippen molar-refractivity contribution in [3.8, 4) is 0 Å². The van der Waals surface area contributed by atoms with E-state index in [1.54, 1.807) is 0 Å². The van der Waals surface area contributed by atoms with Crippen molar-refractivity contribution in [1.29, 1.82) is 0 Å². The summed E-state index contributed by atoms with van der Waals surface area (Å²) in [4.78, 5) is 4.52. The van der Waals surface area contributed by atoms with Crippen molar-refractivity contribution in [3.05, 3.63) is 62.8 Å². The Balaban J connectivity index is 2.10. The second-order valence-corrected chi connectivity index (χ2v) is 6.77. The van der Waals surface area contributed by atoms with Gasteiger partial charge < -0.3 is 4.57 Å². The van der Waals surface area contributed by atoms with E-state index in [1.165, 1.54) is 11.1 Å². The third-order valence-corrected chi connectivity index (χ3v) is 4.64. The van der Waals surface area contributed by atoms with Crippen molar-refractivity contribution in [2.24, 2.45) is 0 Å². The summed E-state index contributed by atoms with van der Waals surface area (Å²) in [7, 11) is 0. The van der Waals surface area contributed by atoms with Crippen LogP contribution in [-0.2, 0) is 6.54 Å². The maximum Gasteiger partial charge on any atom is 0.215 e. The van der Waals surface area contributed by atoms with E-state index in [9.17, 15) is 0 Å². The van der Waals surface area contributed by atoms with Crippen molar-refractivity contribution < 1.29 is 0 Å². The van der Waals surface area contributed by atoms with Gasteiger partial charge in [-0.05, 0) is 58.3 Å². The molecule has 2 aromatic carbocycles. The minimum absolute atomic E-state index is 0.391. The molecule has 4 nitrogen and oxygen atoms in total. The van der Waals surface area contributed by atoms with E-state index in [-0.39, 0.29) is 0 Å². The maximum atomic E-state index is 5.17. The van der Waals surface area contributed by atoms with E-state index in [0.717, 1.165) is 33.1 Å². The third-order valence-electron chi connectivity index (χ3n) is 3.85. The lowest BCUT2D eigenvalue weighted by molar-refractivity contribution is 0.843. The van der Waals surface area contributed by atoms with Crippen LogP contribution in [-0.4, -0.2) is 19.7 Å². The molecule has 0 spiro atoms. The average molecular weight is 385 g/mol. The van der Waals surface area contributed by atoms with Crippen LogP contribution in [0.2, 0.25) is 0 Å². The van der Waals surface area contributed by atoms with Crippen molar-refractivity contribution in [2.75, 3.05) is 0 Å². The molecule has 0 saturated carbocycles. The van der Waals surface area contributed by atoms with Gasteiger partial charge in [0.25, 0.3) is 0 Å². The van der Waals surface area contributed by atoms with Crippen molar-refractivity contribution in [2.45, 2.75) is 13.5 Å². The number of hydrogen-bond donors (Lipinski definition) is 1. The minimum Gasteiger partial charge on any atom is -0.318 e. The molecular formula is C17H13BrN4S. The Bertz CT molecular complexity index is 1080. The summed E-state index contributed by atoms with van der Waals surface area (Å²) in [6.45, 7) is 2.79. The Kier molecular flexibility index (Phi) is 3.50. The fourth-order valence-corrected chi connectivity index (χ4v) is 3.83. The van der Waals surface area contributed by atoms with Crippen LogP contribution < -0.4 is 0 Å². The summed E-state index contributed by atoms with van der Waals surface area (Å²) in [6.07, 6.45) is 0. The molecule has 4 aromatic rings. The van der Waals surface area contributed by atoms with Crippen molar-refractivity contribution in [3.63, 3.8) is 0 Å². The molecule has 0 saturated heterocycles. The van der Waals surface area contributed by atoms with E-state index in [1.807, 2.05) is 18.2 Å². The molecule has 0 unspecified atom stereocenters. The molecule has 0 bridgehead atoms. The highest BCUT2D eigenvalue weighted by Crippen LogP contribution is 2.33. The molecular weight excluding hydrogens is 372 g/mol. The van der Waals surface area contributed by atoms with Crippen LogP contribution in [0.5, 0.6) is 0 Å². The largest absolute Gasteiger partial charge is 0.318 e. The van der Waals surface area contributed by atoms with E-state index in [4.69, 9.17) is 12.2 Å². The normalized spacial score (nSPS) is 11.4. The smallest absolute Gasteiger partial charge is 0.215 e. The van der Waals surface area contributed by atoms with Crippen molar-refractivity contribution >= 4 is 50.2 Å². The first-order chi connectivity index (χ1) is 11.1. The molecule has 1 N–H and O–H groups in total. The molecule has 6 heteroatoms. The second-order valence-electron chi connectivity index (χ2n) is 5.53. The number of H-pyrrole nitrogens is 1. The number of hydrogen-bond acceptors (Lipinski definition) is 3. The molecule has 0 amide bonds. The molecule has 23 heavy (non-hydrogen) atoms. The number of halogens is 1. The fraction of sp³-hybridized carbons (Fsp3) is 0.118. The van der Waals surface area contributed by atoms with Gasteiger partial charge in [0.1, 0.15) is 5.52 Å². The van der Waals surface area contributed by atoms with Gasteiger partial charge in [-0.1, -0.05) is 30.3 Å². The Hall–Kier alpha value is -2.05. The molecule has 0 atom stereocenters. The summed E-state index contributed by atoms with van der Waals surface area (Å²) in [6, 6.07) is 14.6. The Labute approximate surface area is 146 Å². The van der Waals surface area contributed by atoms with Crippen LogP contribution in [0.3, 0.4) is 0 Å². The van der Waals surface area contributed by atoms with Gasteiger partial charge in [0.15, 0.2) is 5.65 Å². The highest BCUT2D eigenvalue weighted by atomic mass is 79.9. The summed E-state index contributed by atoms with van der Waals surface area (Å²) in [5, 5.41) is 8.30. The van der Waals surface area contributed by atoms with Crippen molar-refractivity contribution in [1.82, 2.24) is 19.7 Å². The number of rotatable bonds is 2. The van der Waals surface area contributed by atoms with Crippen LogP contribution in [0.4, 0.5) is 0 Å². The second kappa shape index (κ2) is 5.54. The lowest BCUT2D eigenvalue weighted by atomic mass is 10.1. The number of aromatic amines is 1. The standard InChI is InChI=1S/C17H13BrN4S/c1-10-7-12-14-16(19-17(23)21-20-14)22(15(12)13(18)8-10)9-11-5-3-2-4-6-11/h2-8H,9H2,1H3,(H,19,21,23). The number of benzene rings is 2. The predicted octanol–water partition coefficient (Wildman–Crippen LogP) is 4.76. The van der Waals surface area contributed by atoms with Gasteiger partial charge in [0, 0.05) is 16.4 Å². The van der Waals surface area contributed by atoms with Gasteiger partial charge >= 0.3 is 0 Å². The quantitative estimate of drug-likeness (QED) is 0.506. The van der Waals surface area contributed by atoms with Crippen LogP contribution >= 0.6 is 28.1 Å². The summed E-state index contributed by atoms with van der Waals surface area (Å²) in [5.41, 5.74) is 5.11. The summed E-state index contributed by atoms with van der Waals surface area (Å²) in [5.74, 6) is 0. The average Bonchev–Trinajstić information content (AvgIpc) is 2.82. The zero-order valence-electron chi connectivity index (χ0n) is 12.4. The molecule has 0 aliphatic carbocycles. The fourth-order valence-electron chi connectivity index (χ4n) is 2.91. The van der Waals surface area contributed by atoms with Crippen LogP contribution in [0, 0.1) is 11.7 Å². The highest BCUT2D eigenvalue weighted by Gasteiger charge is 2.16. The first-order valence-electron chi connectivity index (χ1n) is 7.22. The first-order valence-corrected chi connectivity index (χ1v) is 8.42. The molecule has 0 radical (unpaired) electrons. The zero-order chi connectivity index (χ0) is 16.0. The van der Waals surface area contributed by atoms with E-state index in [2.05, 4.69) is 66.9 Å². The Morgan fingerprint density at radius 3 is 2.78 bits per heavy atom. The van der Waals surface area contributed by atoms with Gasteiger partial charge in [0.2, 0.25) is 4.77 Å². The molecule has 2 aromatic heterocycles. The lowest BCUT2D eigenvalue weighted by Crippen LogP contribution is -2.02. The molecule has 2 heterocycles. The third kappa shape index (κ3) is 2.48.